The van der Waals surface area contributed by atoms with E-state index >= 15 is 0 Å². The monoisotopic (exact) mass is 441 g/mol. The average Bonchev–Trinajstić information content (AvgIpc) is 2.94. The Balaban J connectivity index is 1.53. The summed E-state index contributed by atoms with van der Waals surface area (Å²) in [6.45, 7) is 3.00. The fourth-order valence-corrected chi connectivity index (χ4v) is 3.99. The van der Waals surface area contributed by atoms with E-state index in [0.717, 1.165) is 37.3 Å². The minimum absolute atomic E-state index is 0.147. The van der Waals surface area contributed by atoms with E-state index < -0.39 is 20.5 Å². The zero-order valence-corrected chi connectivity index (χ0v) is 16.9. The van der Waals surface area contributed by atoms with Gasteiger partial charge in [-0.1, -0.05) is 0 Å². The van der Waals surface area contributed by atoms with Crippen LogP contribution in [0.15, 0.2) is 53.4 Å². The van der Waals surface area contributed by atoms with Crippen LogP contribution in [0.3, 0.4) is 0 Å². The van der Waals surface area contributed by atoms with Crippen molar-refractivity contribution in [1.82, 2.24) is 4.90 Å². The lowest BCUT2D eigenvalue weighted by atomic mass is 10.2. The number of hydrogen-bond donors (Lipinski definition) is 1. The van der Waals surface area contributed by atoms with Gasteiger partial charge in [0, 0.05) is 37.6 Å². The fourth-order valence-electron chi connectivity index (χ4n) is 3.27. The molecular formula is C20H22F3N3O3S. The van der Waals surface area contributed by atoms with Crippen LogP contribution in [0, 0.1) is 5.82 Å². The molecule has 6 nitrogen and oxygen atoms in total. The summed E-state index contributed by atoms with van der Waals surface area (Å²) < 4.78 is 61.1. The van der Waals surface area contributed by atoms with Crippen molar-refractivity contribution >= 4 is 27.1 Å². The molecule has 0 radical (unpaired) electrons. The Morgan fingerprint density at radius 3 is 2.27 bits per heavy atom. The number of nitrogens with one attached hydrogen (secondary N) is 1. The Bertz CT molecular complexity index is 967. The number of nitrogens with zero attached hydrogens (tertiary/aromatic N) is 2. The third kappa shape index (κ3) is 5.51. The van der Waals surface area contributed by atoms with Crippen molar-refractivity contribution in [2.75, 3.05) is 42.9 Å². The molecule has 2 aromatic rings. The molecule has 0 saturated carbocycles. The van der Waals surface area contributed by atoms with Crippen molar-refractivity contribution in [2.24, 2.45) is 0 Å². The van der Waals surface area contributed by atoms with Crippen LogP contribution in [-0.4, -0.2) is 57.7 Å². The number of hydrogen-bond acceptors (Lipinski definition) is 5. The average molecular weight is 441 g/mol. The molecule has 0 aliphatic carbocycles. The van der Waals surface area contributed by atoms with E-state index in [-0.39, 0.29) is 18.3 Å². The third-order valence-electron chi connectivity index (χ3n) is 4.85. The minimum Gasteiger partial charge on any atom is -0.370 e. The second-order valence-corrected chi connectivity index (χ2v) is 8.89. The van der Waals surface area contributed by atoms with Gasteiger partial charge < -0.3 is 10.2 Å². The van der Waals surface area contributed by atoms with Crippen LogP contribution < -0.4 is 10.2 Å². The van der Waals surface area contributed by atoms with Gasteiger partial charge in [-0.05, 0) is 55.0 Å². The molecule has 1 amide bonds. The molecule has 1 saturated heterocycles. The number of anilines is 2. The molecule has 0 bridgehead atoms. The molecule has 0 aromatic heterocycles. The van der Waals surface area contributed by atoms with E-state index in [4.69, 9.17) is 0 Å². The van der Waals surface area contributed by atoms with Gasteiger partial charge in [-0.25, -0.2) is 12.8 Å². The first-order valence-corrected chi connectivity index (χ1v) is 11.0. The molecule has 1 N–H and O–H groups in total. The van der Waals surface area contributed by atoms with Gasteiger partial charge >= 0.3 is 5.76 Å². The standard InChI is InChI=1S/C20H22F3N3O3S/c21-15-2-6-17(7-3-15)26-11-1-10-25(12-13-26)14-19(27)24-16-4-8-18(9-5-16)30(28,29)20(22)23/h2-9,20H,1,10-14H2,(H,24,27). The van der Waals surface area contributed by atoms with Gasteiger partial charge in [0.1, 0.15) is 5.82 Å². The highest BCUT2D eigenvalue weighted by Crippen LogP contribution is 2.20. The molecule has 162 valence electrons. The second kappa shape index (κ2) is 9.48. The molecule has 1 fully saturated rings. The first-order chi connectivity index (χ1) is 14.3. The molecule has 0 unspecified atom stereocenters. The van der Waals surface area contributed by atoms with Crippen molar-refractivity contribution in [3.63, 3.8) is 0 Å². The highest BCUT2D eigenvalue weighted by Gasteiger charge is 2.26. The zero-order chi connectivity index (χ0) is 21.7. The Morgan fingerprint density at radius 1 is 0.967 bits per heavy atom. The molecule has 0 atom stereocenters. The summed E-state index contributed by atoms with van der Waals surface area (Å²) in [7, 11) is -4.66. The summed E-state index contributed by atoms with van der Waals surface area (Å²) in [5.74, 6) is -4.06. The van der Waals surface area contributed by atoms with Gasteiger partial charge in [0.25, 0.3) is 0 Å². The minimum atomic E-state index is -4.66. The summed E-state index contributed by atoms with van der Waals surface area (Å²) in [6, 6.07) is 11.0. The maximum absolute atomic E-state index is 13.1. The summed E-state index contributed by atoms with van der Waals surface area (Å²) >= 11 is 0. The molecule has 3 rings (SSSR count). The largest absolute Gasteiger partial charge is 0.370 e. The molecule has 30 heavy (non-hydrogen) atoms. The number of amides is 1. The first kappa shape index (κ1) is 22.1. The van der Waals surface area contributed by atoms with Gasteiger partial charge in [-0.2, -0.15) is 8.78 Å². The smallest absolute Gasteiger partial charge is 0.341 e. The summed E-state index contributed by atoms with van der Waals surface area (Å²) in [4.78, 5) is 16.0. The van der Waals surface area contributed by atoms with Gasteiger partial charge in [0.15, 0.2) is 0 Å². The van der Waals surface area contributed by atoms with Crippen molar-refractivity contribution in [3.8, 4) is 0 Å². The van der Waals surface area contributed by atoms with Crippen molar-refractivity contribution in [2.45, 2.75) is 17.1 Å². The molecule has 0 spiro atoms. The Hall–Kier alpha value is -2.59. The van der Waals surface area contributed by atoms with Gasteiger partial charge in [-0.3, -0.25) is 9.69 Å². The first-order valence-electron chi connectivity index (χ1n) is 9.40. The van der Waals surface area contributed by atoms with Crippen molar-refractivity contribution < 1.29 is 26.4 Å². The quantitative estimate of drug-likeness (QED) is 0.747. The lowest BCUT2D eigenvalue weighted by Gasteiger charge is -2.23. The Morgan fingerprint density at radius 2 is 1.63 bits per heavy atom. The second-order valence-electron chi connectivity index (χ2n) is 6.97. The van der Waals surface area contributed by atoms with E-state index in [1.807, 2.05) is 4.90 Å². The fraction of sp³-hybridized carbons (Fsp3) is 0.350. The lowest BCUT2D eigenvalue weighted by Crippen LogP contribution is -2.36. The Labute approximate surface area is 173 Å². The van der Waals surface area contributed by atoms with E-state index in [2.05, 4.69) is 10.2 Å². The number of alkyl halides is 2. The molecule has 1 aliphatic heterocycles. The predicted octanol–water partition coefficient (Wildman–Crippen LogP) is 2.97. The number of benzene rings is 2. The van der Waals surface area contributed by atoms with Crippen LogP contribution in [0.5, 0.6) is 0 Å². The summed E-state index contributed by atoms with van der Waals surface area (Å²) in [5.41, 5.74) is 1.26. The highest BCUT2D eigenvalue weighted by molar-refractivity contribution is 7.91. The predicted molar refractivity (Wildman–Crippen MR) is 108 cm³/mol. The number of rotatable bonds is 6. The molecule has 1 aliphatic rings. The number of carbonyl (C=O) groups excluding carboxylic acids is 1. The lowest BCUT2D eigenvalue weighted by molar-refractivity contribution is -0.117. The maximum Gasteiger partial charge on any atom is 0.341 e. The van der Waals surface area contributed by atoms with Crippen LogP contribution in [0.1, 0.15) is 6.42 Å². The van der Waals surface area contributed by atoms with Crippen molar-refractivity contribution in [1.29, 1.82) is 0 Å². The maximum atomic E-state index is 13.1. The van der Waals surface area contributed by atoms with Crippen LogP contribution in [-0.2, 0) is 14.6 Å². The SMILES string of the molecule is O=C(CN1CCCN(c2ccc(F)cc2)CC1)Nc1ccc(S(=O)(=O)C(F)F)cc1. The molecule has 2 aromatic carbocycles. The zero-order valence-electron chi connectivity index (χ0n) is 16.1. The summed E-state index contributed by atoms with van der Waals surface area (Å²) in [5, 5.41) is 2.65. The van der Waals surface area contributed by atoms with Gasteiger partial charge in [0.05, 0.1) is 11.4 Å². The molecular weight excluding hydrogens is 419 g/mol. The number of sulfone groups is 1. The summed E-state index contributed by atoms with van der Waals surface area (Å²) in [6.07, 6.45) is 0.838. The third-order valence-corrected chi connectivity index (χ3v) is 6.25. The van der Waals surface area contributed by atoms with Gasteiger partial charge in [-0.15, -0.1) is 0 Å². The van der Waals surface area contributed by atoms with E-state index in [9.17, 15) is 26.4 Å². The van der Waals surface area contributed by atoms with Crippen molar-refractivity contribution in [3.05, 3.63) is 54.3 Å². The topological polar surface area (TPSA) is 69.7 Å². The van der Waals surface area contributed by atoms with Gasteiger partial charge in [0.2, 0.25) is 15.7 Å². The highest BCUT2D eigenvalue weighted by atomic mass is 32.2. The normalized spacial score (nSPS) is 15.8. The van der Waals surface area contributed by atoms with Crippen LogP contribution in [0.25, 0.3) is 0 Å². The van der Waals surface area contributed by atoms with E-state index in [1.165, 1.54) is 24.3 Å². The Kier molecular flexibility index (Phi) is 6.99. The number of carbonyl (C=O) groups is 1. The van der Waals surface area contributed by atoms with E-state index in [1.54, 1.807) is 12.1 Å². The molecule has 10 heteroatoms. The van der Waals surface area contributed by atoms with Crippen LogP contribution >= 0.6 is 0 Å². The van der Waals surface area contributed by atoms with Crippen LogP contribution in [0.2, 0.25) is 0 Å². The van der Waals surface area contributed by atoms with Crippen LogP contribution in [0.4, 0.5) is 24.5 Å². The number of halogens is 3. The van der Waals surface area contributed by atoms with E-state index in [0.29, 0.717) is 18.8 Å². The molecule has 1 heterocycles.